The SMILES string of the molecule is Cc1cc(=O)n(CC(=O)N[C@@H]2COCC[C@H]2O)c2ccccc12. The molecule has 122 valence electrons. The van der Waals surface area contributed by atoms with Gasteiger partial charge >= 0.3 is 0 Å². The van der Waals surface area contributed by atoms with Crippen LogP contribution in [0.15, 0.2) is 35.1 Å². The molecular formula is C17H20N2O4. The summed E-state index contributed by atoms with van der Waals surface area (Å²) in [7, 11) is 0. The number of hydrogen-bond donors (Lipinski definition) is 2. The van der Waals surface area contributed by atoms with Crippen LogP contribution in [0.1, 0.15) is 12.0 Å². The molecule has 2 aromatic rings. The highest BCUT2D eigenvalue weighted by Gasteiger charge is 2.25. The van der Waals surface area contributed by atoms with Gasteiger partial charge in [0.2, 0.25) is 5.91 Å². The van der Waals surface area contributed by atoms with E-state index in [1.54, 1.807) is 0 Å². The van der Waals surface area contributed by atoms with E-state index in [-0.39, 0.29) is 24.6 Å². The van der Waals surface area contributed by atoms with Gasteiger partial charge in [-0.3, -0.25) is 14.2 Å². The summed E-state index contributed by atoms with van der Waals surface area (Å²) in [5.74, 6) is -0.310. The van der Waals surface area contributed by atoms with Crippen LogP contribution in [0.4, 0.5) is 0 Å². The van der Waals surface area contributed by atoms with E-state index in [4.69, 9.17) is 4.74 Å². The van der Waals surface area contributed by atoms with E-state index in [9.17, 15) is 14.7 Å². The quantitative estimate of drug-likeness (QED) is 0.868. The normalized spacial score (nSPS) is 21.3. The van der Waals surface area contributed by atoms with Gasteiger partial charge in [-0.1, -0.05) is 18.2 Å². The molecule has 6 heteroatoms. The van der Waals surface area contributed by atoms with Crippen LogP contribution < -0.4 is 10.9 Å². The lowest BCUT2D eigenvalue weighted by molar-refractivity contribution is -0.125. The molecule has 2 N–H and O–H groups in total. The molecular weight excluding hydrogens is 296 g/mol. The van der Waals surface area contributed by atoms with Crippen LogP contribution in [0.5, 0.6) is 0 Å². The smallest absolute Gasteiger partial charge is 0.251 e. The van der Waals surface area contributed by atoms with Crippen molar-refractivity contribution in [3.05, 3.63) is 46.2 Å². The molecule has 23 heavy (non-hydrogen) atoms. The number of amides is 1. The number of pyridine rings is 1. The second-order valence-corrected chi connectivity index (χ2v) is 5.87. The van der Waals surface area contributed by atoms with Gasteiger partial charge in [-0.25, -0.2) is 0 Å². The van der Waals surface area contributed by atoms with Gasteiger partial charge in [0.1, 0.15) is 6.54 Å². The number of nitrogens with one attached hydrogen (secondary N) is 1. The second kappa shape index (κ2) is 6.52. The summed E-state index contributed by atoms with van der Waals surface area (Å²) in [5, 5.41) is 13.6. The molecule has 0 unspecified atom stereocenters. The molecule has 6 nitrogen and oxygen atoms in total. The largest absolute Gasteiger partial charge is 0.391 e. The first-order valence-corrected chi connectivity index (χ1v) is 7.70. The van der Waals surface area contributed by atoms with E-state index >= 15 is 0 Å². The highest BCUT2D eigenvalue weighted by Crippen LogP contribution is 2.15. The van der Waals surface area contributed by atoms with Gasteiger partial charge in [0.15, 0.2) is 0 Å². The minimum absolute atomic E-state index is 0.0805. The van der Waals surface area contributed by atoms with Gasteiger partial charge in [0.25, 0.3) is 5.56 Å². The number of para-hydroxylation sites is 1. The van der Waals surface area contributed by atoms with Crippen LogP contribution in [0, 0.1) is 6.92 Å². The first-order chi connectivity index (χ1) is 11.1. The number of aliphatic hydroxyl groups excluding tert-OH is 1. The summed E-state index contributed by atoms with van der Waals surface area (Å²) in [6.45, 7) is 2.58. The predicted octanol–water partition coefficient (Wildman–Crippen LogP) is 0.576. The zero-order valence-corrected chi connectivity index (χ0v) is 13.0. The minimum atomic E-state index is -0.612. The molecule has 1 aromatic heterocycles. The van der Waals surface area contributed by atoms with E-state index in [0.717, 1.165) is 16.5 Å². The number of fused-ring (bicyclic) bond motifs is 1. The van der Waals surface area contributed by atoms with Crippen molar-refractivity contribution >= 4 is 16.8 Å². The Hall–Kier alpha value is -2.18. The van der Waals surface area contributed by atoms with Crippen LogP contribution in [0.3, 0.4) is 0 Å². The Balaban J connectivity index is 1.84. The number of aryl methyl sites for hydroxylation is 1. The summed E-state index contributed by atoms with van der Waals surface area (Å²) >= 11 is 0. The van der Waals surface area contributed by atoms with Crippen LogP contribution in [-0.4, -0.2) is 40.9 Å². The van der Waals surface area contributed by atoms with E-state index < -0.39 is 12.1 Å². The van der Waals surface area contributed by atoms with Crippen LogP contribution in [0.25, 0.3) is 10.9 Å². The van der Waals surface area contributed by atoms with Gasteiger partial charge in [0.05, 0.1) is 24.3 Å². The molecule has 0 radical (unpaired) electrons. The lowest BCUT2D eigenvalue weighted by Gasteiger charge is -2.28. The van der Waals surface area contributed by atoms with E-state index in [2.05, 4.69) is 5.32 Å². The van der Waals surface area contributed by atoms with Crippen molar-refractivity contribution in [2.24, 2.45) is 0 Å². The van der Waals surface area contributed by atoms with Gasteiger partial charge in [0, 0.05) is 18.1 Å². The fourth-order valence-electron chi connectivity index (χ4n) is 2.93. The van der Waals surface area contributed by atoms with Gasteiger partial charge in [-0.05, 0) is 25.0 Å². The molecule has 0 bridgehead atoms. The lowest BCUT2D eigenvalue weighted by Crippen LogP contribution is -2.50. The monoisotopic (exact) mass is 316 g/mol. The number of nitrogens with zero attached hydrogens (tertiary/aromatic N) is 1. The number of benzene rings is 1. The molecule has 1 aliphatic rings. The van der Waals surface area contributed by atoms with Crippen molar-refractivity contribution in [3.8, 4) is 0 Å². The van der Waals surface area contributed by atoms with Crippen molar-refractivity contribution in [2.75, 3.05) is 13.2 Å². The Morgan fingerprint density at radius 3 is 3.00 bits per heavy atom. The van der Waals surface area contributed by atoms with E-state index in [1.807, 2.05) is 31.2 Å². The van der Waals surface area contributed by atoms with E-state index in [0.29, 0.717) is 13.0 Å². The molecule has 2 heterocycles. The highest BCUT2D eigenvalue weighted by molar-refractivity contribution is 5.84. The fourth-order valence-corrected chi connectivity index (χ4v) is 2.93. The third kappa shape index (κ3) is 3.28. The zero-order valence-electron chi connectivity index (χ0n) is 13.0. The standard InChI is InChI=1S/C17H20N2O4/c1-11-8-17(22)19(14-5-3-2-4-12(11)14)9-16(21)18-13-10-23-7-6-15(13)20/h2-5,8,13,15,20H,6-7,9-10H2,1H3,(H,18,21)/t13-,15-/m1/s1. The molecule has 0 saturated carbocycles. The average molecular weight is 316 g/mol. The summed E-state index contributed by atoms with van der Waals surface area (Å²) < 4.78 is 6.72. The Bertz CT molecular complexity index is 784. The van der Waals surface area contributed by atoms with Gasteiger partial charge < -0.3 is 15.2 Å². The third-order valence-electron chi connectivity index (χ3n) is 4.19. The topological polar surface area (TPSA) is 80.6 Å². The fraction of sp³-hybridized carbons (Fsp3) is 0.412. The van der Waals surface area contributed by atoms with Crippen LogP contribution >= 0.6 is 0 Å². The first-order valence-electron chi connectivity index (χ1n) is 7.70. The molecule has 2 atom stereocenters. The average Bonchev–Trinajstić information content (AvgIpc) is 2.54. The van der Waals surface area contributed by atoms with Gasteiger partial charge in [-0.2, -0.15) is 0 Å². The molecule has 1 aromatic carbocycles. The number of carbonyl (C=O) groups is 1. The lowest BCUT2D eigenvalue weighted by atomic mass is 10.1. The van der Waals surface area contributed by atoms with Crippen LogP contribution in [0.2, 0.25) is 0 Å². The van der Waals surface area contributed by atoms with Gasteiger partial charge in [-0.15, -0.1) is 0 Å². The van der Waals surface area contributed by atoms with Crippen molar-refractivity contribution in [2.45, 2.75) is 32.0 Å². The molecule has 1 fully saturated rings. The molecule has 0 spiro atoms. The summed E-state index contributed by atoms with van der Waals surface area (Å²) in [6, 6.07) is 8.61. The Morgan fingerprint density at radius 2 is 2.22 bits per heavy atom. The summed E-state index contributed by atoms with van der Waals surface area (Å²) in [6.07, 6.45) is -0.113. The Labute approximate surface area is 133 Å². The number of ether oxygens (including phenoxy) is 1. The number of carbonyl (C=O) groups excluding carboxylic acids is 1. The summed E-state index contributed by atoms with van der Waals surface area (Å²) in [4.78, 5) is 24.5. The highest BCUT2D eigenvalue weighted by atomic mass is 16.5. The maximum atomic E-state index is 12.3. The van der Waals surface area contributed by atoms with Crippen LogP contribution in [-0.2, 0) is 16.1 Å². The second-order valence-electron chi connectivity index (χ2n) is 5.87. The molecule has 1 amide bonds. The third-order valence-corrected chi connectivity index (χ3v) is 4.19. The maximum Gasteiger partial charge on any atom is 0.251 e. The number of aromatic nitrogens is 1. The molecule has 3 rings (SSSR count). The Kier molecular flexibility index (Phi) is 4.45. The predicted molar refractivity (Wildman–Crippen MR) is 86.3 cm³/mol. The number of aliphatic hydroxyl groups is 1. The van der Waals surface area contributed by atoms with Crippen molar-refractivity contribution < 1.29 is 14.6 Å². The maximum absolute atomic E-state index is 12.3. The Morgan fingerprint density at radius 1 is 1.43 bits per heavy atom. The minimum Gasteiger partial charge on any atom is -0.391 e. The van der Waals surface area contributed by atoms with Crippen molar-refractivity contribution in [1.82, 2.24) is 9.88 Å². The van der Waals surface area contributed by atoms with E-state index in [1.165, 1.54) is 10.6 Å². The first kappa shape index (κ1) is 15.7. The zero-order chi connectivity index (χ0) is 16.4. The number of rotatable bonds is 3. The number of hydrogen-bond acceptors (Lipinski definition) is 4. The summed E-state index contributed by atoms with van der Waals surface area (Å²) in [5.41, 5.74) is 1.41. The molecule has 0 aliphatic carbocycles. The van der Waals surface area contributed by atoms with Crippen molar-refractivity contribution in [1.29, 1.82) is 0 Å². The molecule has 1 aliphatic heterocycles. The van der Waals surface area contributed by atoms with Crippen molar-refractivity contribution in [3.63, 3.8) is 0 Å². The molecule has 1 saturated heterocycles.